The van der Waals surface area contributed by atoms with Gasteiger partial charge in [-0.1, -0.05) is 35.5 Å². The maximum absolute atomic E-state index is 6.13. The Morgan fingerprint density at radius 2 is 1.73 bits per heavy atom. The second-order valence-electron chi connectivity index (χ2n) is 7.87. The molecular weight excluding hydrogens is 422 g/mol. The predicted octanol–water partition coefficient (Wildman–Crippen LogP) is 3.97. The highest BCUT2D eigenvalue weighted by molar-refractivity contribution is 5.84. The van der Waals surface area contributed by atoms with Crippen molar-refractivity contribution in [1.29, 1.82) is 0 Å². The zero-order valence-corrected chi connectivity index (χ0v) is 18.8. The fraction of sp³-hybridized carbons (Fsp3) is 0.292. The minimum absolute atomic E-state index is 0.327. The minimum Gasteiger partial charge on any atom is -0.496 e. The summed E-state index contributed by atoms with van der Waals surface area (Å²) in [5, 5.41) is 12.9. The van der Waals surface area contributed by atoms with Crippen LogP contribution in [0.2, 0.25) is 0 Å². The van der Waals surface area contributed by atoms with E-state index < -0.39 is 0 Å². The first-order valence-electron chi connectivity index (χ1n) is 10.7. The third-order valence-corrected chi connectivity index (χ3v) is 5.56. The number of hydrogen-bond donors (Lipinski definition) is 0. The summed E-state index contributed by atoms with van der Waals surface area (Å²) in [6.07, 6.45) is 0. The number of aromatic nitrogens is 3. The van der Waals surface area contributed by atoms with E-state index in [-0.39, 0.29) is 0 Å². The molecule has 1 saturated heterocycles. The van der Waals surface area contributed by atoms with Crippen molar-refractivity contribution in [2.75, 3.05) is 57.3 Å². The minimum atomic E-state index is 0.327. The van der Waals surface area contributed by atoms with Crippen molar-refractivity contribution in [2.45, 2.75) is 0 Å². The summed E-state index contributed by atoms with van der Waals surface area (Å²) < 4.78 is 22.9. The highest BCUT2D eigenvalue weighted by Gasteiger charge is 2.26. The van der Waals surface area contributed by atoms with E-state index in [9.17, 15) is 0 Å². The van der Waals surface area contributed by atoms with Gasteiger partial charge in [-0.2, -0.15) is 0 Å². The van der Waals surface area contributed by atoms with E-state index in [4.69, 9.17) is 18.4 Å². The zero-order valence-electron chi connectivity index (χ0n) is 18.8. The van der Waals surface area contributed by atoms with E-state index in [1.165, 1.54) is 0 Å². The Labute approximate surface area is 191 Å². The molecule has 4 aromatic rings. The van der Waals surface area contributed by atoms with E-state index in [2.05, 4.69) is 20.3 Å². The topological polar surface area (TPSA) is 89.9 Å². The number of nitrogens with zero attached hydrogens (tertiary/aromatic N) is 5. The van der Waals surface area contributed by atoms with Crippen molar-refractivity contribution in [1.82, 2.24) is 15.4 Å². The van der Waals surface area contributed by atoms with E-state index in [0.717, 1.165) is 29.9 Å². The van der Waals surface area contributed by atoms with Gasteiger partial charge in [-0.3, -0.25) is 0 Å². The number of anilines is 2. The van der Waals surface area contributed by atoms with Crippen molar-refractivity contribution < 1.29 is 18.4 Å². The van der Waals surface area contributed by atoms with E-state index in [0.29, 0.717) is 47.9 Å². The Bertz CT molecular complexity index is 1230. The molecule has 2 aromatic heterocycles. The Balaban J connectivity index is 1.53. The fourth-order valence-electron chi connectivity index (χ4n) is 3.88. The van der Waals surface area contributed by atoms with Crippen molar-refractivity contribution in [2.24, 2.45) is 0 Å². The van der Waals surface area contributed by atoms with Gasteiger partial charge in [0.25, 0.3) is 11.8 Å². The molecule has 0 amide bonds. The number of benzene rings is 2. The van der Waals surface area contributed by atoms with E-state index in [1.807, 2.05) is 67.5 Å². The summed E-state index contributed by atoms with van der Waals surface area (Å²) >= 11 is 0. The molecule has 0 bridgehead atoms. The first kappa shape index (κ1) is 21.0. The fourth-order valence-corrected chi connectivity index (χ4v) is 3.88. The second kappa shape index (κ2) is 8.95. The lowest BCUT2D eigenvalue weighted by Gasteiger charge is -2.29. The lowest BCUT2D eigenvalue weighted by atomic mass is 10.1. The van der Waals surface area contributed by atoms with Gasteiger partial charge in [0.2, 0.25) is 5.88 Å². The van der Waals surface area contributed by atoms with Crippen molar-refractivity contribution in [3.63, 3.8) is 0 Å². The largest absolute Gasteiger partial charge is 0.496 e. The molecule has 9 nitrogen and oxygen atoms in total. The van der Waals surface area contributed by atoms with E-state index in [1.54, 1.807) is 7.11 Å². The molecule has 0 aliphatic carbocycles. The summed E-state index contributed by atoms with van der Waals surface area (Å²) in [5.74, 6) is 1.89. The van der Waals surface area contributed by atoms with Crippen LogP contribution in [0.4, 0.5) is 11.6 Å². The third-order valence-electron chi connectivity index (χ3n) is 5.56. The second-order valence-corrected chi connectivity index (χ2v) is 7.87. The zero-order chi connectivity index (χ0) is 22.8. The molecule has 0 atom stereocenters. The van der Waals surface area contributed by atoms with Crippen LogP contribution < -0.4 is 14.5 Å². The maximum atomic E-state index is 6.13. The molecule has 0 spiro atoms. The highest BCUT2D eigenvalue weighted by atomic mass is 16.5. The van der Waals surface area contributed by atoms with Gasteiger partial charge < -0.3 is 28.2 Å². The smallest absolute Gasteiger partial charge is 0.256 e. The van der Waals surface area contributed by atoms with Crippen LogP contribution in [-0.2, 0) is 4.74 Å². The van der Waals surface area contributed by atoms with Gasteiger partial charge in [-0.25, -0.2) is 0 Å². The average molecular weight is 447 g/mol. The maximum Gasteiger partial charge on any atom is 0.256 e. The van der Waals surface area contributed by atoms with Gasteiger partial charge in [0.05, 0.1) is 25.9 Å². The van der Waals surface area contributed by atoms with Crippen molar-refractivity contribution in [3.05, 3.63) is 48.5 Å². The van der Waals surface area contributed by atoms with Crippen molar-refractivity contribution in [3.8, 4) is 39.9 Å². The standard InChI is InChI=1S/C24H25N5O4/c1-28(2)24-20(21(27-33-24)16-7-5-4-6-8-16)23-26-25-22(32-23)18-10-9-17(15-19(18)30-3)29-11-13-31-14-12-29/h4-10,15H,11-14H2,1-3H3. The van der Waals surface area contributed by atoms with Crippen LogP contribution in [0.1, 0.15) is 0 Å². The summed E-state index contributed by atoms with van der Waals surface area (Å²) in [5.41, 5.74) is 3.98. The number of ether oxygens (including phenoxy) is 2. The molecule has 1 fully saturated rings. The normalized spacial score (nSPS) is 13.8. The van der Waals surface area contributed by atoms with Crippen LogP contribution in [-0.4, -0.2) is 62.9 Å². The molecule has 33 heavy (non-hydrogen) atoms. The molecule has 9 heteroatoms. The van der Waals surface area contributed by atoms with Gasteiger partial charge in [0.1, 0.15) is 17.0 Å². The molecule has 0 saturated carbocycles. The summed E-state index contributed by atoms with van der Waals surface area (Å²) in [6.45, 7) is 3.12. The Morgan fingerprint density at radius 1 is 0.970 bits per heavy atom. The van der Waals surface area contributed by atoms with E-state index >= 15 is 0 Å². The van der Waals surface area contributed by atoms with Gasteiger partial charge in [0, 0.05) is 44.5 Å². The van der Waals surface area contributed by atoms with Crippen LogP contribution in [0.25, 0.3) is 34.2 Å². The van der Waals surface area contributed by atoms with Crippen LogP contribution >= 0.6 is 0 Å². The molecular formula is C24H25N5O4. The quantitative estimate of drug-likeness (QED) is 0.435. The first-order valence-corrected chi connectivity index (χ1v) is 10.7. The number of hydrogen-bond acceptors (Lipinski definition) is 9. The number of methoxy groups -OCH3 is 1. The summed E-state index contributed by atoms with van der Waals surface area (Å²) in [7, 11) is 5.39. The van der Waals surface area contributed by atoms with Crippen LogP contribution in [0.3, 0.4) is 0 Å². The van der Waals surface area contributed by atoms with Gasteiger partial charge >= 0.3 is 0 Å². The number of morpholine rings is 1. The first-order chi connectivity index (χ1) is 16.2. The third kappa shape index (κ3) is 4.03. The summed E-state index contributed by atoms with van der Waals surface area (Å²) in [6, 6.07) is 15.7. The Hall–Kier alpha value is -3.85. The highest BCUT2D eigenvalue weighted by Crippen LogP contribution is 2.40. The van der Waals surface area contributed by atoms with Crippen LogP contribution in [0.5, 0.6) is 5.75 Å². The van der Waals surface area contributed by atoms with Crippen LogP contribution in [0, 0.1) is 0 Å². The van der Waals surface area contributed by atoms with Gasteiger partial charge in [-0.15, -0.1) is 10.2 Å². The summed E-state index contributed by atoms with van der Waals surface area (Å²) in [4.78, 5) is 4.10. The molecule has 5 rings (SSSR count). The molecule has 2 aromatic carbocycles. The van der Waals surface area contributed by atoms with Crippen LogP contribution in [0.15, 0.2) is 57.5 Å². The van der Waals surface area contributed by atoms with Gasteiger partial charge in [0.15, 0.2) is 0 Å². The molecule has 0 N–H and O–H groups in total. The SMILES string of the molecule is COc1cc(N2CCOCC2)ccc1-c1nnc(-c2c(-c3ccccc3)noc2N(C)C)o1. The number of rotatable bonds is 6. The molecule has 1 aliphatic heterocycles. The molecule has 1 aliphatic rings. The average Bonchev–Trinajstić information content (AvgIpc) is 3.52. The molecule has 170 valence electrons. The molecule has 0 unspecified atom stereocenters. The van der Waals surface area contributed by atoms with Gasteiger partial charge in [-0.05, 0) is 12.1 Å². The lowest BCUT2D eigenvalue weighted by molar-refractivity contribution is 0.122. The van der Waals surface area contributed by atoms with Crippen molar-refractivity contribution >= 4 is 11.6 Å². The molecule has 0 radical (unpaired) electrons. The Morgan fingerprint density at radius 3 is 2.45 bits per heavy atom. The molecule has 3 heterocycles. The predicted molar refractivity (Wildman–Crippen MR) is 125 cm³/mol. The Kier molecular flexibility index (Phi) is 5.70. The monoisotopic (exact) mass is 447 g/mol. The lowest BCUT2D eigenvalue weighted by Crippen LogP contribution is -2.36.